The second-order valence-corrected chi connectivity index (χ2v) is 10.1. The maximum Gasteiger partial charge on any atom is 0.251 e. The number of amides is 2. The van der Waals surface area contributed by atoms with E-state index in [9.17, 15) is 9.59 Å². The molecule has 0 saturated carbocycles. The third-order valence-corrected chi connectivity index (χ3v) is 6.80. The van der Waals surface area contributed by atoms with Gasteiger partial charge in [0.2, 0.25) is 11.1 Å². The highest BCUT2D eigenvalue weighted by Gasteiger charge is 2.23. The molecule has 2 aromatic carbocycles. The van der Waals surface area contributed by atoms with Crippen molar-refractivity contribution in [1.29, 1.82) is 0 Å². The molecule has 2 amide bonds. The topological polar surface area (TPSA) is 113 Å². The Kier molecular flexibility index (Phi) is 7.94. The standard InChI is InChI=1S/C25H26N6O2S2/c1-15(2)21(28-23(33)18-7-5-4-6-8-18)22-29-25(31-30-22)35-14-20(32)27-24-26-19(13-34-24)17-11-9-16(3)10-12-17/h4-13,15,21H,14H2,1-3H3,(H,28,33)(H,26,27,32)(H,29,30,31). The second kappa shape index (κ2) is 11.3. The fourth-order valence-corrected chi connectivity index (χ4v) is 4.64. The summed E-state index contributed by atoms with van der Waals surface area (Å²) in [7, 11) is 0. The van der Waals surface area contributed by atoms with Crippen LogP contribution >= 0.6 is 23.1 Å². The van der Waals surface area contributed by atoms with Crippen molar-refractivity contribution in [3.63, 3.8) is 0 Å². The number of hydrogen-bond donors (Lipinski definition) is 3. The molecule has 0 aliphatic rings. The van der Waals surface area contributed by atoms with Crippen LogP contribution < -0.4 is 10.6 Å². The van der Waals surface area contributed by atoms with Crippen LogP contribution in [-0.2, 0) is 4.79 Å². The van der Waals surface area contributed by atoms with E-state index in [0.29, 0.717) is 21.7 Å². The molecule has 0 spiro atoms. The van der Waals surface area contributed by atoms with Gasteiger partial charge in [-0.2, -0.15) is 0 Å². The summed E-state index contributed by atoms with van der Waals surface area (Å²) in [5.74, 6) is 0.408. The van der Waals surface area contributed by atoms with Gasteiger partial charge in [0, 0.05) is 16.5 Å². The van der Waals surface area contributed by atoms with E-state index in [1.54, 1.807) is 12.1 Å². The molecular weight excluding hydrogens is 480 g/mol. The summed E-state index contributed by atoms with van der Waals surface area (Å²) in [4.78, 5) is 34.0. The zero-order chi connectivity index (χ0) is 24.8. The van der Waals surface area contributed by atoms with Crippen LogP contribution in [0.4, 0.5) is 5.13 Å². The number of thioether (sulfide) groups is 1. The number of carbonyl (C=O) groups excluding carboxylic acids is 2. The van der Waals surface area contributed by atoms with Crippen LogP contribution in [0.15, 0.2) is 65.1 Å². The Hall–Kier alpha value is -3.50. The van der Waals surface area contributed by atoms with E-state index in [2.05, 4.69) is 30.8 Å². The van der Waals surface area contributed by atoms with Crippen molar-refractivity contribution in [2.45, 2.75) is 32.0 Å². The van der Waals surface area contributed by atoms with E-state index in [1.807, 2.05) is 68.6 Å². The number of nitrogens with zero attached hydrogens (tertiary/aromatic N) is 3. The van der Waals surface area contributed by atoms with Crippen molar-refractivity contribution in [2.24, 2.45) is 5.92 Å². The molecule has 2 aromatic heterocycles. The smallest absolute Gasteiger partial charge is 0.251 e. The van der Waals surface area contributed by atoms with Gasteiger partial charge in [0.1, 0.15) is 5.82 Å². The quantitative estimate of drug-likeness (QED) is 0.273. The highest BCUT2D eigenvalue weighted by molar-refractivity contribution is 7.99. The largest absolute Gasteiger partial charge is 0.342 e. The number of aryl methyl sites for hydroxylation is 1. The van der Waals surface area contributed by atoms with Crippen LogP contribution in [0.1, 0.15) is 41.6 Å². The van der Waals surface area contributed by atoms with E-state index >= 15 is 0 Å². The molecular formula is C25H26N6O2S2. The molecule has 8 nitrogen and oxygen atoms in total. The zero-order valence-corrected chi connectivity index (χ0v) is 21.2. The minimum Gasteiger partial charge on any atom is -0.342 e. The first-order chi connectivity index (χ1) is 16.9. The number of aromatic amines is 1. The first-order valence-electron chi connectivity index (χ1n) is 11.1. The molecule has 0 aliphatic carbocycles. The number of nitrogens with one attached hydrogen (secondary N) is 3. The molecule has 1 unspecified atom stereocenters. The summed E-state index contributed by atoms with van der Waals surface area (Å²) < 4.78 is 0. The number of hydrogen-bond acceptors (Lipinski definition) is 7. The molecule has 2 heterocycles. The van der Waals surface area contributed by atoms with Crippen LogP contribution in [0, 0.1) is 12.8 Å². The van der Waals surface area contributed by atoms with Gasteiger partial charge in [0.15, 0.2) is 5.13 Å². The fraction of sp³-hybridized carbons (Fsp3) is 0.240. The predicted octanol–water partition coefficient (Wildman–Crippen LogP) is 5.09. The zero-order valence-electron chi connectivity index (χ0n) is 19.6. The third kappa shape index (κ3) is 6.55. The number of carbonyl (C=O) groups is 2. The van der Waals surface area contributed by atoms with Gasteiger partial charge in [0.25, 0.3) is 5.91 Å². The van der Waals surface area contributed by atoms with E-state index in [0.717, 1.165) is 11.3 Å². The van der Waals surface area contributed by atoms with Crippen LogP contribution in [0.3, 0.4) is 0 Å². The van der Waals surface area contributed by atoms with Crippen LogP contribution in [0.25, 0.3) is 11.3 Å². The number of thiazole rings is 1. The van der Waals surface area contributed by atoms with Gasteiger partial charge < -0.3 is 10.6 Å². The third-order valence-electron chi connectivity index (χ3n) is 5.20. The van der Waals surface area contributed by atoms with Gasteiger partial charge in [-0.25, -0.2) is 9.97 Å². The van der Waals surface area contributed by atoms with Crippen LogP contribution in [0.2, 0.25) is 0 Å². The summed E-state index contributed by atoms with van der Waals surface area (Å²) in [6.07, 6.45) is 0. The Labute approximate surface area is 212 Å². The molecule has 180 valence electrons. The lowest BCUT2D eigenvalue weighted by atomic mass is 10.0. The first-order valence-corrected chi connectivity index (χ1v) is 13.0. The van der Waals surface area contributed by atoms with Gasteiger partial charge >= 0.3 is 0 Å². The van der Waals surface area contributed by atoms with E-state index in [1.165, 1.54) is 28.7 Å². The molecule has 10 heteroatoms. The Balaban J connectivity index is 1.32. The fourth-order valence-electron chi connectivity index (χ4n) is 3.30. The molecule has 4 aromatic rings. The van der Waals surface area contributed by atoms with Crippen molar-refractivity contribution < 1.29 is 9.59 Å². The molecule has 4 rings (SSSR count). The molecule has 0 saturated heterocycles. The molecule has 0 bridgehead atoms. The Morgan fingerprint density at radius 3 is 2.51 bits per heavy atom. The first kappa shape index (κ1) is 24.6. The monoisotopic (exact) mass is 506 g/mol. The van der Waals surface area contributed by atoms with Crippen LogP contribution in [-0.4, -0.2) is 37.7 Å². The summed E-state index contributed by atoms with van der Waals surface area (Å²) in [6, 6.07) is 16.8. The average molecular weight is 507 g/mol. The van der Waals surface area contributed by atoms with E-state index < -0.39 is 0 Å². The maximum absolute atomic E-state index is 12.6. The average Bonchev–Trinajstić information content (AvgIpc) is 3.52. The highest BCUT2D eigenvalue weighted by Crippen LogP contribution is 2.26. The Bertz CT molecular complexity index is 1280. The lowest BCUT2D eigenvalue weighted by Crippen LogP contribution is -2.32. The number of rotatable bonds is 9. The number of anilines is 1. The van der Waals surface area contributed by atoms with Gasteiger partial charge in [0.05, 0.1) is 17.5 Å². The Morgan fingerprint density at radius 1 is 1.06 bits per heavy atom. The predicted molar refractivity (Wildman–Crippen MR) is 140 cm³/mol. The van der Waals surface area contributed by atoms with E-state index in [4.69, 9.17) is 0 Å². The summed E-state index contributed by atoms with van der Waals surface area (Å²) in [6.45, 7) is 6.03. The maximum atomic E-state index is 12.6. The van der Waals surface area contributed by atoms with E-state index in [-0.39, 0.29) is 29.5 Å². The number of benzene rings is 2. The van der Waals surface area contributed by atoms with Gasteiger partial charge in [-0.3, -0.25) is 14.7 Å². The normalized spacial score (nSPS) is 11.9. The van der Waals surface area contributed by atoms with Crippen molar-refractivity contribution in [3.8, 4) is 11.3 Å². The Morgan fingerprint density at radius 2 is 1.80 bits per heavy atom. The minimum atomic E-state index is -0.339. The lowest BCUT2D eigenvalue weighted by Gasteiger charge is -2.19. The van der Waals surface area contributed by atoms with Gasteiger partial charge in [-0.05, 0) is 25.0 Å². The van der Waals surface area contributed by atoms with Crippen molar-refractivity contribution in [1.82, 2.24) is 25.5 Å². The summed E-state index contributed by atoms with van der Waals surface area (Å²) >= 11 is 2.60. The van der Waals surface area contributed by atoms with Gasteiger partial charge in [-0.1, -0.05) is 73.6 Å². The summed E-state index contributed by atoms with van der Waals surface area (Å²) in [5.41, 5.74) is 3.60. The summed E-state index contributed by atoms with van der Waals surface area (Å²) in [5, 5.41) is 15.9. The molecule has 0 radical (unpaired) electrons. The van der Waals surface area contributed by atoms with Crippen molar-refractivity contribution >= 4 is 40.0 Å². The molecule has 0 aliphatic heterocycles. The van der Waals surface area contributed by atoms with Crippen molar-refractivity contribution in [2.75, 3.05) is 11.1 Å². The second-order valence-electron chi connectivity index (χ2n) is 8.31. The highest BCUT2D eigenvalue weighted by atomic mass is 32.2. The number of H-pyrrole nitrogens is 1. The number of aromatic nitrogens is 4. The van der Waals surface area contributed by atoms with Gasteiger partial charge in [-0.15, -0.1) is 16.4 Å². The van der Waals surface area contributed by atoms with Crippen molar-refractivity contribution in [3.05, 3.63) is 76.9 Å². The van der Waals surface area contributed by atoms with Crippen LogP contribution in [0.5, 0.6) is 0 Å². The SMILES string of the molecule is Cc1ccc(-c2csc(NC(=O)CSc3n[nH]c(C(NC(=O)c4ccccc4)C(C)C)n3)n2)cc1. The molecule has 3 N–H and O–H groups in total. The molecule has 35 heavy (non-hydrogen) atoms. The lowest BCUT2D eigenvalue weighted by molar-refractivity contribution is -0.113. The molecule has 1 atom stereocenters. The minimum absolute atomic E-state index is 0.0874. The molecule has 0 fully saturated rings.